The van der Waals surface area contributed by atoms with Crippen LogP contribution in [0.1, 0.15) is 27.2 Å². The number of furan rings is 1. The average molecular weight is 373 g/mol. The number of hydrogen-bond acceptors (Lipinski definition) is 3. The molecule has 0 fully saturated rings. The molecule has 3 nitrogen and oxygen atoms in total. The van der Waals surface area contributed by atoms with Gasteiger partial charge in [0, 0.05) is 9.79 Å². The van der Waals surface area contributed by atoms with Crippen molar-refractivity contribution in [3.8, 4) is 0 Å². The van der Waals surface area contributed by atoms with Crippen LogP contribution in [-0.4, -0.2) is 8.42 Å². The molecule has 5 heteroatoms. The molecular formula is C20H20O3S2. The molecule has 1 heterocycles. The van der Waals surface area contributed by atoms with E-state index in [0.29, 0.717) is 21.3 Å². The predicted molar refractivity (Wildman–Crippen MR) is 101 cm³/mol. The Balaban J connectivity index is 2.03. The first kappa shape index (κ1) is 17.8. The van der Waals surface area contributed by atoms with E-state index < -0.39 is 26.2 Å². The second-order valence-corrected chi connectivity index (χ2v) is 9.37. The van der Waals surface area contributed by atoms with Gasteiger partial charge in [0.2, 0.25) is 0 Å². The highest BCUT2D eigenvalue weighted by atomic mass is 32.2. The Morgan fingerprint density at radius 2 is 1.12 bits per heavy atom. The van der Waals surface area contributed by atoms with Crippen LogP contribution in [0.25, 0.3) is 0 Å². The molecule has 0 aliphatic rings. The summed E-state index contributed by atoms with van der Waals surface area (Å²) in [5.41, 5.74) is 2.18. The van der Waals surface area contributed by atoms with Crippen molar-refractivity contribution in [2.45, 2.75) is 35.1 Å². The monoisotopic (exact) mass is 372 g/mol. The Morgan fingerprint density at radius 1 is 0.680 bits per heavy atom. The molecule has 130 valence electrons. The van der Waals surface area contributed by atoms with Crippen LogP contribution in [0.3, 0.4) is 0 Å². The van der Waals surface area contributed by atoms with Gasteiger partial charge in [-0.05, 0) is 57.2 Å². The summed E-state index contributed by atoms with van der Waals surface area (Å²) in [5.74, 6) is 1.19. The Kier molecular flexibility index (Phi) is 5.35. The molecule has 25 heavy (non-hydrogen) atoms. The molecule has 0 aliphatic heterocycles. The molecule has 3 rings (SSSR count). The zero-order valence-corrected chi connectivity index (χ0v) is 16.0. The largest absolute Gasteiger partial charge is 0.464 e. The highest BCUT2D eigenvalue weighted by molar-refractivity contribution is 8.02. The van der Waals surface area contributed by atoms with E-state index in [1.54, 1.807) is 12.1 Å². The fourth-order valence-corrected chi connectivity index (χ4v) is 5.74. The molecule has 2 aromatic carbocycles. The minimum absolute atomic E-state index is 0.482. The summed E-state index contributed by atoms with van der Waals surface area (Å²) in [6, 6.07) is 18.5. The topological polar surface area (TPSA) is 47.3 Å². The third-order valence-corrected chi connectivity index (χ3v) is 7.65. The molecule has 0 amide bonds. The maximum atomic E-state index is 13.2. The normalized spacial score (nSPS) is 14.8. The highest BCUT2D eigenvalue weighted by Crippen LogP contribution is 2.33. The Labute approximate surface area is 153 Å². The van der Waals surface area contributed by atoms with Gasteiger partial charge in [0.1, 0.15) is 11.5 Å². The van der Waals surface area contributed by atoms with Gasteiger partial charge in [-0.25, -0.2) is 0 Å². The van der Waals surface area contributed by atoms with Crippen molar-refractivity contribution in [2.24, 2.45) is 0 Å². The first-order chi connectivity index (χ1) is 12.0. The fourth-order valence-electron chi connectivity index (χ4n) is 2.46. The van der Waals surface area contributed by atoms with Gasteiger partial charge >= 0.3 is 0 Å². The zero-order valence-electron chi connectivity index (χ0n) is 14.4. The Hall–Kier alpha value is -1.98. The van der Waals surface area contributed by atoms with E-state index in [-0.39, 0.29) is 0 Å². The molecule has 0 N–H and O–H groups in total. The molecule has 0 saturated carbocycles. The van der Waals surface area contributed by atoms with Crippen LogP contribution in [0, 0.1) is 20.8 Å². The van der Waals surface area contributed by atoms with Crippen LogP contribution in [0.4, 0.5) is 0 Å². The molecule has 0 saturated heterocycles. The average Bonchev–Trinajstić information content (AvgIpc) is 3.02. The van der Waals surface area contributed by atoms with E-state index in [4.69, 9.17) is 4.42 Å². The highest BCUT2D eigenvalue weighted by Gasteiger charge is 2.31. The van der Waals surface area contributed by atoms with Crippen LogP contribution < -0.4 is 0 Å². The van der Waals surface area contributed by atoms with Crippen molar-refractivity contribution in [1.82, 2.24) is 0 Å². The second-order valence-electron chi connectivity index (χ2n) is 6.00. The van der Waals surface area contributed by atoms with Crippen LogP contribution >= 0.6 is 0 Å². The lowest BCUT2D eigenvalue weighted by Crippen LogP contribution is -2.13. The maximum absolute atomic E-state index is 13.2. The molecule has 0 bridgehead atoms. The van der Waals surface area contributed by atoms with Gasteiger partial charge in [-0.15, -0.1) is 0 Å². The third-order valence-electron chi connectivity index (χ3n) is 3.89. The van der Waals surface area contributed by atoms with Crippen LogP contribution in [0.2, 0.25) is 0 Å². The Bertz CT molecular complexity index is 851. The molecule has 2 unspecified atom stereocenters. The summed E-state index contributed by atoms with van der Waals surface area (Å²) in [6.07, 6.45) is 0. The molecule has 0 aliphatic carbocycles. The number of benzene rings is 2. The van der Waals surface area contributed by atoms with Crippen molar-refractivity contribution >= 4 is 21.6 Å². The maximum Gasteiger partial charge on any atom is 0.176 e. The van der Waals surface area contributed by atoms with E-state index in [1.807, 2.05) is 69.3 Å². The van der Waals surface area contributed by atoms with Gasteiger partial charge in [0.15, 0.2) is 4.58 Å². The van der Waals surface area contributed by atoms with E-state index in [1.165, 1.54) is 0 Å². The van der Waals surface area contributed by atoms with Crippen LogP contribution in [0.15, 0.2) is 74.9 Å². The van der Waals surface area contributed by atoms with Crippen molar-refractivity contribution in [3.05, 3.63) is 83.3 Å². The summed E-state index contributed by atoms with van der Waals surface area (Å²) in [4.78, 5) is 1.29. The lowest BCUT2D eigenvalue weighted by atomic mass is 10.2. The predicted octanol–water partition coefficient (Wildman–Crippen LogP) is 4.82. The molecule has 3 aromatic rings. The SMILES string of the molecule is Cc1ccc(S(=O)C(c2ccc(C)o2)S(=O)c2ccc(C)cc2)cc1. The minimum atomic E-state index is -1.50. The first-order valence-corrected chi connectivity index (χ1v) is 10.4. The summed E-state index contributed by atoms with van der Waals surface area (Å²) < 4.78 is 31.4. The van der Waals surface area contributed by atoms with Crippen molar-refractivity contribution in [2.75, 3.05) is 0 Å². The lowest BCUT2D eigenvalue weighted by Gasteiger charge is -2.15. The van der Waals surface area contributed by atoms with Crippen LogP contribution in [-0.2, 0) is 21.6 Å². The fraction of sp³-hybridized carbons (Fsp3) is 0.200. The van der Waals surface area contributed by atoms with Gasteiger partial charge in [0.05, 0.1) is 21.6 Å². The summed E-state index contributed by atoms with van der Waals surface area (Å²) in [6.45, 7) is 5.78. The molecule has 1 aromatic heterocycles. The first-order valence-electron chi connectivity index (χ1n) is 7.96. The number of aryl methyl sites for hydroxylation is 3. The van der Waals surface area contributed by atoms with E-state index in [9.17, 15) is 8.42 Å². The van der Waals surface area contributed by atoms with Crippen molar-refractivity contribution in [3.63, 3.8) is 0 Å². The lowest BCUT2D eigenvalue weighted by molar-refractivity contribution is 0.495. The summed E-state index contributed by atoms with van der Waals surface area (Å²) in [7, 11) is -2.99. The summed E-state index contributed by atoms with van der Waals surface area (Å²) >= 11 is 0. The van der Waals surface area contributed by atoms with E-state index in [0.717, 1.165) is 11.1 Å². The van der Waals surface area contributed by atoms with E-state index in [2.05, 4.69) is 0 Å². The van der Waals surface area contributed by atoms with E-state index >= 15 is 0 Å². The molecule has 2 atom stereocenters. The third kappa shape index (κ3) is 3.99. The van der Waals surface area contributed by atoms with Gasteiger partial charge < -0.3 is 4.42 Å². The molecular weight excluding hydrogens is 352 g/mol. The van der Waals surface area contributed by atoms with Gasteiger partial charge in [0.25, 0.3) is 0 Å². The number of rotatable bonds is 5. The van der Waals surface area contributed by atoms with Gasteiger partial charge in [-0.1, -0.05) is 35.4 Å². The van der Waals surface area contributed by atoms with Crippen LogP contribution in [0.5, 0.6) is 0 Å². The van der Waals surface area contributed by atoms with Gasteiger partial charge in [-0.3, -0.25) is 8.42 Å². The quantitative estimate of drug-likeness (QED) is 0.645. The number of hydrogen-bond donors (Lipinski definition) is 0. The zero-order chi connectivity index (χ0) is 18.0. The Morgan fingerprint density at radius 3 is 1.48 bits per heavy atom. The summed E-state index contributed by atoms with van der Waals surface area (Å²) in [5, 5.41) is 0. The van der Waals surface area contributed by atoms with Crippen molar-refractivity contribution < 1.29 is 12.8 Å². The second kappa shape index (κ2) is 7.50. The smallest absolute Gasteiger partial charge is 0.176 e. The standard InChI is InChI=1S/C20H20O3S2/c1-14-4-9-17(10-5-14)24(21)20(19-13-8-16(3)23-19)25(22)18-11-6-15(2)7-12-18/h4-13,20H,1-3H3. The molecule has 0 radical (unpaired) electrons. The van der Waals surface area contributed by atoms with Crippen molar-refractivity contribution in [1.29, 1.82) is 0 Å². The van der Waals surface area contributed by atoms with Gasteiger partial charge in [-0.2, -0.15) is 0 Å². The molecule has 0 spiro atoms. The minimum Gasteiger partial charge on any atom is -0.464 e.